The van der Waals surface area contributed by atoms with Crippen molar-refractivity contribution in [1.29, 1.82) is 0 Å². The number of aromatic carboxylic acids is 1. The SMILES string of the molecule is Cn1ncc2c1CCCC2NCc1cc(C(=O)O)co1. The topological polar surface area (TPSA) is 80.3 Å². The Hall–Kier alpha value is -2.08. The van der Waals surface area contributed by atoms with Gasteiger partial charge in [0.05, 0.1) is 18.3 Å². The highest BCUT2D eigenvalue weighted by Gasteiger charge is 2.23. The van der Waals surface area contributed by atoms with Crippen molar-refractivity contribution in [2.24, 2.45) is 7.05 Å². The number of carbonyl (C=O) groups is 1. The van der Waals surface area contributed by atoms with Gasteiger partial charge in [0.2, 0.25) is 0 Å². The smallest absolute Gasteiger partial charge is 0.338 e. The predicted molar refractivity (Wildman–Crippen MR) is 71.4 cm³/mol. The summed E-state index contributed by atoms with van der Waals surface area (Å²) in [6, 6.07) is 1.81. The quantitative estimate of drug-likeness (QED) is 0.890. The maximum atomic E-state index is 10.8. The molecule has 0 aliphatic heterocycles. The maximum Gasteiger partial charge on any atom is 0.338 e. The average molecular weight is 275 g/mol. The summed E-state index contributed by atoms with van der Waals surface area (Å²) in [4.78, 5) is 10.8. The Morgan fingerprint density at radius 1 is 1.65 bits per heavy atom. The van der Waals surface area contributed by atoms with Gasteiger partial charge in [-0.3, -0.25) is 4.68 Å². The molecule has 1 aliphatic carbocycles. The molecular weight excluding hydrogens is 258 g/mol. The molecular formula is C14H17N3O3. The number of nitrogens with zero attached hydrogens (tertiary/aromatic N) is 2. The molecule has 3 rings (SSSR count). The number of rotatable bonds is 4. The number of aryl methyl sites for hydroxylation is 1. The maximum absolute atomic E-state index is 10.8. The molecule has 6 nitrogen and oxygen atoms in total. The molecule has 20 heavy (non-hydrogen) atoms. The Balaban J connectivity index is 1.68. The van der Waals surface area contributed by atoms with Crippen LogP contribution in [-0.2, 0) is 20.0 Å². The molecule has 2 heterocycles. The third-order valence-corrected chi connectivity index (χ3v) is 3.80. The van der Waals surface area contributed by atoms with Gasteiger partial charge in [0.1, 0.15) is 12.0 Å². The van der Waals surface area contributed by atoms with Gasteiger partial charge in [-0.2, -0.15) is 5.10 Å². The summed E-state index contributed by atoms with van der Waals surface area (Å²) < 4.78 is 7.18. The summed E-state index contributed by atoms with van der Waals surface area (Å²) >= 11 is 0. The van der Waals surface area contributed by atoms with Crippen molar-refractivity contribution in [3.8, 4) is 0 Å². The van der Waals surface area contributed by atoms with Crippen LogP contribution in [0.4, 0.5) is 0 Å². The van der Waals surface area contributed by atoms with E-state index >= 15 is 0 Å². The fraction of sp³-hybridized carbons (Fsp3) is 0.429. The third-order valence-electron chi connectivity index (χ3n) is 3.80. The minimum atomic E-state index is -0.966. The molecule has 0 saturated heterocycles. The van der Waals surface area contributed by atoms with Crippen LogP contribution in [0.25, 0.3) is 0 Å². The number of fused-ring (bicyclic) bond motifs is 1. The van der Waals surface area contributed by atoms with E-state index in [1.54, 1.807) is 6.07 Å². The first-order valence-electron chi connectivity index (χ1n) is 6.70. The van der Waals surface area contributed by atoms with Gasteiger partial charge in [-0.25, -0.2) is 4.79 Å². The predicted octanol–water partition coefficient (Wildman–Crippen LogP) is 1.88. The minimum Gasteiger partial charge on any atom is -0.478 e. The average Bonchev–Trinajstić information content (AvgIpc) is 3.04. The van der Waals surface area contributed by atoms with Gasteiger partial charge in [-0.15, -0.1) is 0 Å². The molecule has 2 N–H and O–H groups in total. The molecule has 0 radical (unpaired) electrons. The lowest BCUT2D eigenvalue weighted by Gasteiger charge is -2.23. The van der Waals surface area contributed by atoms with E-state index in [0.29, 0.717) is 12.3 Å². The monoisotopic (exact) mass is 275 g/mol. The molecule has 0 spiro atoms. The summed E-state index contributed by atoms with van der Waals surface area (Å²) in [5.74, 6) is -0.328. The summed E-state index contributed by atoms with van der Waals surface area (Å²) in [7, 11) is 1.97. The molecule has 0 amide bonds. The molecule has 0 bridgehead atoms. The highest BCUT2D eigenvalue weighted by molar-refractivity contribution is 5.87. The molecule has 0 fully saturated rings. The van der Waals surface area contributed by atoms with Crippen molar-refractivity contribution in [3.05, 3.63) is 41.1 Å². The van der Waals surface area contributed by atoms with E-state index in [1.165, 1.54) is 17.5 Å². The summed E-state index contributed by atoms with van der Waals surface area (Å²) in [6.07, 6.45) is 6.44. The molecule has 106 valence electrons. The van der Waals surface area contributed by atoms with Gasteiger partial charge in [0.15, 0.2) is 0 Å². The van der Waals surface area contributed by atoms with Crippen molar-refractivity contribution in [2.45, 2.75) is 31.8 Å². The van der Waals surface area contributed by atoms with Crippen molar-refractivity contribution in [3.63, 3.8) is 0 Å². The van der Waals surface area contributed by atoms with Crippen molar-refractivity contribution < 1.29 is 14.3 Å². The third kappa shape index (κ3) is 2.34. The van der Waals surface area contributed by atoms with E-state index in [0.717, 1.165) is 19.3 Å². The molecule has 6 heteroatoms. The molecule has 1 unspecified atom stereocenters. The molecule has 1 atom stereocenters. The Bertz CT molecular complexity index is 629. The zero-order valence-corrected chi connectivity index (χ0v) is 11.3. The Kier molecular flexibility index (Phi) is 3.31. The summed E-state index contributed by atoms with van der Waals surface area (Å²) in [5, 5.41) is 16.6. The van der Waals surface area contributed by atoms with Crippen LogP contribution < -0.4 is 5.32 Å². The zero-order valence-electron chi connectivity index (χ0n) is 11.3. The number of carboxylic acid groups (broad SMARTS) is 1. The van der Waals surface area contributed by atoms with E-state index in [-0.39, 0.29) is 11.6 Å². The second-order valence-electron chi connectivity index (χ2n) is 5.10. The van der Waals surface area contributed by atoms with Crippen LogP contribution in [0.15, 0.2) is 22.9 Å². The molecule has 1 aliphatic rings. The van der Waals surface area contributed by atoms with Crippen LogP contribution in [0.5, 0.6) is 0 Å². The van der Waals surface area contributed by atoms with Gasteiger partial charge in [-0.05, 0) is 25.3 Å². The van der Waals surface area contributed by atoms with Crippen LogP contribution in [-0.4, -0.2) is 20.9 Å². The van der Waals surface area contributed by atoms with Gasteiger partial charge < -0.3 is 14.8 Å². The van der Waals surface area contributed by atoms with Gasteiger partial charge in [0, 0.05) is 24.3 Å². The van der Waals surface area contributed by atoms with Crippen molar-refractivity contribution in [2.75, 3.05) is 0 Å². The van der Waals surface area contributed by atoms with E-state index in [2.05, 4.69) is 10.4 Å². The Morgan fingerprint density at radius 2 is 2.50 bits per heavy atom. The first-order valence-corrected chi connectivity index (χ1v) is 6.70. The summed E-state index contributed by atoms with van der Waals surface area (Å²) in [5.41, 5.74) is 2.70. The Morgan fingerprint density at radius 3 is 3.25 bits per heavy atom. The Labute approximate surface area is 116 Å². The highest BCUT2D eigenvalue weighted by Crippen LogP contribution is 2.29. The van der Waals surface area contributed by atoms with Crippen LogP contribution >= 0.6 is 0 Å². The molecule has 2 aromatic heterocycles. The normalized spacial score (nSPS) is 17.9. The number of carboxylic acids is 1. The standard InChI is InChI=1S/C14H17N3O3/c1-17-13-4-2-3-12(11(13)7-16-17)15-6-10-5-9(8-20-10)14(18)19/h5,7-8,12,15H,2-4,6H2,1H3,(H,18,19). The van der Waals surface area contributed by atoms with Gasteiger partial charge in [-0.1, -0.05) is 0 Å². The van der Waals surface area contributed by atoms with E-state index in [9.17, 15) is 4.79 Å². The van der Waals surface area contributed by atoms with Crippen LogP contribution in [0.1, 0.15) is 46.3 Å². The van der Waals surface area contributed by atoms with Crippen molar-refractivity contribution in [1.82, 2.24) is 15.1 Å². The fourth-order valence-electron chi connectivity index (χ4n) is 2.73. The number of nitrogens with one attached hydrogen (secondary N) is 1. The lowest BCUT2D eigenvalue weighted by Crippen LogP contribution is -2.24. The second kappa shape index (κ2) is 5.13. The van der Waals surface area contributed by atoms with Gasteiger partial charge in [0.25, 0.3) is 0 Å². The first kappa shape index (κ1) is 12.9. The number of hydrogen-bond donors (Lipinski definition) is 2. The lowest BCUT2D eigenvalue weighted by atomic mass is 9.93. The lowest BCUT2D eigenvalue weighted by molar-refractivity contribution is 0.0696. The number of aromatic nitrogens is 2. The highest BCUT2D eigenvalue weighted by atomic mass is 16.4. The molecule has 0 aromatic carbocycles. The summed E-state index contributed by atoms with van der Waals surface area (Å²) in [6.45, 7) is 0.520. The van der Waals surface area contributed by atoms with E-state index in [1.807, 2.05) is 17.9 Å². The van der Waals surface area contributed by atoms with Crippen LogP contribution in [0.3, 0.4) is 0 Å². The number of hydrogen-bond acceptors (Lipinski definition) is 4. The van der Waals surface area contributed by atoms with Crippen LogP contribution in [0, 0.1) is 0 Å². The largest absolute Gasteiger partial charge is 0.478 e. The number of furan rings is 1. The minimum absolute atomic E-state index is 0.188. The van der Waals surface area contributed by atoms with E-state index in [4.69, 9.17) is 9.52 Å². The van der Waals surface area contributed by atoms with E-state index < -0.39 is 5.97 Å². The first-order chi connectivity index (χ1) is 9.65. The van der Waals surface area contributed by atoms with Gasteiger partial charge >= 0.3 is 5.97 Å². The van der Waals surface area contributed by atoms with Crippen LogP contribution in [0.2, 0.25) is 0 Å². The zero-order chi connectivity index (χ0) is 14.1. The molecule has 0 saturated carbocycles. The second-order valence-corrected chi connectivity index (χ2v) is 5.10. The molecule has 2 aromatic rings. The fourth-order valence-corrected chi connectivity index (χ4v) is 2.73. The van der Waals surface area contributed by atoms with Crippen molar-refractivity contribution >= 4 is 5.97 Å².